The molecule has 0 radical (unpaired) electrons. The Kier molecular flexibility index (Phi) is 8.97. The first-order valence-electron chi connectivity index (χ1n) is 14.3. The van der Waals surface area contributed by atoms with Gasteiger partial charge in [0.25, 0.3) is 11.8 Å². The zero-order valence-electron chi connectivity index (χ0n) is 23.2. The number of nitrogens with zero attached hydrogens (tertiary/aromatic N) is 2. The van der Waals surface area contributed by atoms with Crippen LogP contribution < -0.4 is 21.3 Å². The Morgan fingerprint density at radius 2 is 1.59 bits per heavy atom. The Bertz CT molecular complexity index is 1400. The fourth-order valence-electron chi connectivity index (χ4n) is 5.75. The molecule has 1 heterocycles. The number of amides is 3. The molecule has 0 spiro atoms. The van der Waals surface area contributed by atoms with E-state index in [9.17, 15) is 18.8 Å². The summed E-state index contributed by atoms with van der Waals surface area (Å²) in [5.41, 5.74) is 8.09. The zero-order chi connectivity index (χ0) is 28.9. The number of halogens is 1. The highest BCUT2D eigenvalue weighted by molar-refractivity contribution is 7.09. The van der Waals surface area contributed by atoms with E-state index in [0.29, 0.717) is 5.56 Å². The van der Waals surface area contributed by atoms with Gasteiger partial charge in [-0.15, -0.1) is 0 Å². The highest BCUT2D eigenvalue weighted by Gasteiger charge is 2.37. The number of carbonyl (C=O) groups is 3. The topological polar surface area (TPSA) is 117 Å². The SMILES string of the molecule is Cc1ccc(C(C(=O)NC2CCCC2)N(C(=O)c2snc(C(=O)NC3CCCCC3)c2N)c2cccc(F)c2)cc1. The highest BCUT2D eigenvalue weighted by Crippen LogP contribution is 2.34. The van der Waals surface area contributed by atoms with Gasteiger partial charge < -0.3 is 16.4 Å². The molecule has 216 valence electrons. The third-order valence-corrected chi connectivity index (χ3v) is 8.84. The molecule has 3 aromatic rings. The maximum atomic E-state index is 14.5. The molecule has 41 heavy (non-hydrogen) atoms. The Balaban J connectivity index is 1.53. The van der Waals surface area contributed by atoms with Gasteiger partial charge in [-0.25, -0.2) is 4.39 Å². The molecular formula is C31H36FN5O3S. The van der Waals surface area contributed by atoms with Gasteiger partial charge >= 0.3 is 0 Å². The van der Waals surface area contributed by atoms with Crippen molar-refractivity contribution in [1.29, 1.82) is 0 Å². The summed E-state index contributed by atoms with van der Waals surface area (Å²) in [7, 11) is 0. The first-order chi connectivity index (χ1) is 19.8. The molecule has 0 aliphatic heterocycles. The number of nitrogen functional groups attached to an aromatic ring is 1. The lowest BCUT2D eigenvalue weighted by Crippen LogP contribution is -2.46. The third-order valence-electron chi connectivity index (χ3n) is 7.98. The first-order valence-corrected chi connectivity index (χ1v) is 15.1. The van der Waals surface area contributed by atoms with Crippen molar-refractivity contribution < 1.29 is 18.8 Å². The molecule has 2 fully saturated rings. The first kappa shape index (κ1) is 28.7. The second-order valence-corrected chi connectivity index (χ2v) is 11.8. The Labute approximate surface area is 243 Å². The molecule has 3 amide bonds. The predicted octanol–water partition coefficient (Wildman–Crippen LogP) is 5.68. The lowest BCUT2D eigenvalue weighted by Gasteiger charge is -2.32. The maximum Gasteiger partial charge on any atom is 0.273 e. The van der Waals surface area contributed by atoms with Gasteiger partial charge in [0.05, 0.1) is 5.69 Å². The van der Waals surface area contributed by atoms with E-state index < -0.39 is 23.7 Å². The molecule has 2 aliphatic carbocycles. The van der Waals surface area contributed by atoms with Crippen molar-refractivity contribution in [2.75, 3.05) is 10.6 Å². The molecule has 0 saturated heterocycles. The van der Waals surface area contributed by atoms with Crippen molar-refractivity contribution in [3.63, 3.8) is 0 Å². The van der Waals surface area contributed by atoms with Crippen LogP contribution in [0.1, 0.15) is 95.1 Å². The van der Waals surface area contributed by atoms with Gasteiger partial charge in [0, 0.05) is 17.8 Å². The van der Waals surface area contributed by atoms with Crippen LogP contribution in [-0.4, -0.2) is 34.2 Å². The molecule has 1 aromatic heterocycles. The summed E-state index contributed by atoms with van der Waals surface area (Å²) in [6.07, 6.45) is 8.80. The van der Waals surface area contributed by atoms with Crippen molar-refractivity contribution in [2.45, 2.75) is 82.8 Å². The largest absolute Gasteiger partial charge is 0.395 e. The van der Waals surface area contributed by atoms with Crippen LogP contribution in [0.3, 0.4) is 0 Å². The number of nitrogens with two attached hydrogens (primary N) is 1. The van der Waals surface area contributed by atoms with Crippen LogP contribution in [-0.2, 0) is 4.79 Å². The van der Waals surface area contributed by atoms with Gasteiger partial charge in [-0.1, -0.05) is 68.0 Å². The summed E-state index contributed by atoms with van der Waals surface area (Å²) >= 11 is 0.809. The molecule has 5 rings (SSSR count). The number of hydrogen-bond acceptors (Lipinski definition) is 6. The minimum absolute atomic E-state index is 0.00321. The van der Waals surface area contributed by atoms with Gasteiger partial charge in [-0.3, -0.25) is 19.3 Å². The number of aromatic nitrogens is 1. The van der Waals surface area contributed by atoms with E-state index in [1.54, 1.807) is 18.2 Å². The normalized spacial score (nSPS) is 16.7. The van der Waals surface area contributed by atoms with Crippen LogP contribution in [0.2, 0.25) is 0 Å². The minimum Gasteiger partial charge on any atom is -0.395 e. The Morgan fingerprint density at radius 1 is 0.951 bits per heavy atom. The van der Waals surface area contributed by atoms with Gasteiger partial charge in [0.2, 0.25) is 5.91 Å². The van der Waals surface area contributed by atoms with E-state index in [2.05, 4.69) is 15.0 Å². The third kappa shape index (κ3) is 6.59. The number of benzene rings is 2. The lowest BCUT2D eigenvalue weighted by atomic mass is 9.95. The van der Waals surface area contributed by atoms with E-state index in [0.717, 1.165) is 74.9 Å². The van der Waals surface area contributed by atoms with Gasteiger partial charge in [-0.05, 0) is 67.9 Å². The zero-order valence-corrected chi connectivity index (χ0v) is 24.0. The molecule has 1 atom stereocenters. The van der Waals surface area contributed by atoms with Crippen molar-refractivity contribution >= 4 is 40.6 Å². The summed E-state index contributed by atoms with van der Waals surface area (Å²) in [5.74, 6) is -1.97. The van der Waals surface area contributed by atoms with Crippen molar-refractivity contribution in [1.82, 2.24) is 15.0 Å². The fourth-order valence-corrected chi connectivity index (χ4v) is 6.49. The van der Waals surface area contributed by atoms with E-state index in [1.165, 1.54) is 23.1 Å². The van der Waals surface area contributed by atoms with Crippen LogP contribution in [0, 0.1) is 12.7 Å². The van der Waals surface area contributed by atoms with Crippen molar-refractivity contribution in [3.05, 3.63) is 76.0 Å². The van der Waals surface area contributed by atoms with Crippen molar-refractivity contribution in [2.24, 2.45) is 0 Å². The monoisotopic (exact) mass is 577 g/mol. The van der Waals surface area contributed by atoms with Gasteiger partial charge in [-0.2, -0.15) is 4.37 Å². The number of nitrogens with one attached hydrogen (secondary N) is 2. The molecule has 8 nitrogen and oxygen atoms in total. The van der Waals surface area contributed by atoms with E-state index in [4.69, 9.17) is 5.73 Å². The number of carbonyl (C=O) groups excluding carboxylic acids is 3. The average Bonchev–Trinajstić information content (AvgIpc) is 3.62. The van der Waals surface area contributed by atoms with Crippen molar-refractivity contribution in [3.8, 4) is 0 Å². The minimum atomic E-state index is -1.11. The van der Waals surface area contributed by atoms with Crippen LogP contribution in [0.5, 0.6) is 0 Å². The molecule has 1 unspecified atom stereocenters. The molecule has 0 bridgehead atoms. The average molecular weight is 578 g/mol. The second-order valence-electron chi connectivity index (χ2n) is 11.0. The molecular weight excluding hydrogens is 541 g/mol. The molecule has 10 heteroatoms. The standard InChI is InChI=1S/C31H36FN5O3S/c1-19-14-16-20(17-15-19)27(30(39)35-23-11-5-6-12-23)37(24-13-7-8-21(32)18-24)31(40)28-25(33)26(36-41-28)29(38)34-22-9-3-2-4-10-22/h7-8,13-18,22-23,27H,2-6,9-12,33H2,1H3,(H,34,38)(H,35,39). The van der Waals surface area contributed by atoms with Crippen LogP contribution in [0.15, 0.2) is 48.5 Å². The number of anilines is 2. The number of hydrogen-bond donors (Lipinski definition) is 3. The maximum absolute atomic E-state index is 14.5. The predicted molar refractivity (Wildman–Crippen MR) is 158 cm³/mol. The fraction of sp³-hybridized carbons (Fsp3) is 0.419. The Hall–Kier alpha value is -3.79. The molecule has 2 saturated carbocycles. The van der Waals surface area contributed by atoms with Crippen LogP contribution >= 0.6 is 11.5 Å². The van der Waals surface area contributed by atoms with E-state index in [-0.39, 0.29) is 39.9 Å². The summed E-state index contributed by atoms with van der Waals surface area (Å²) < 4.78 is 18.8. The quantitative estimate of drug-likeness (QED) is 0.318. The number of rotatable bonds is 8. The van der Waals surface area contributed by atoms with E-state index in [1.807, 2.05) is 19.1 Å². The van der Waals surface area contributed by atoms with Crippen LogP contribution in [0.4, 0.5) is 15.8 Å². The Morgan fingerprint density at radius 3 is 2.24 bits per heavy atom. The lowest BCUT2D eigenvalue weighted by molar-refractivity contribution is -0.123. The molecule has 2 aliphatic rings. The molecule has 2 aromatic carbocycles. The smallest absolute Gasteiger partial charge is 0.273 e. The summed E-state index contributed by atoms with van der Waals surface area (Å²) in [5, 5.41) is 6.11. The number of aryl methyl sites for hydroxylation is 1. The van der Waals surface area contributed by atoms with E-state index >= 15 is 0 Å². The van der Waals surface area contributed by atoms with Gasteiger partial charge in [0.1, 0.15) is 16.7 Å². The second kappa shape index (κ2) is 12.8. The summed E-state index contributed by atoms with van der Waals surface area (Å²) in [4.78, 5) is 42.6. The summed E-state index contributed by atoms with van der Waals surface area (Å²) in [6.45, 7) is 1.94. The van der Waals surface area contributed by atoms with Crippen LogP contribution in [0.25, 0.3) is 0 Å². The highest BCUT2D eigenvalue weighted by atomic mass is 32.1. The summed E-state index contributed by atoms with van der Waals surface area (Å²) in [6, 6.07) is 11.9. The molecule has 4 N–H and O–H groups in total. The van der Waals surface area contributed by atoms with Gasteiger partial charge in [0.15, 0.2) is 5.69 Å².